The number of imidazole rings is 2. The maximum atomic E-state index is 7.21. The van der Waals surface area contributed by atoms with Gasteiger partial charge in [-0.05, 0) is 46.5 Å². The fraction of sp³-hybridized carbons (Fsp3) is 0. The van der Waals surface area contributed by atoms with Gasteiger partial charge in [0.1, 0.15) is 33.7 Å². The number of hydrogen-bond donors (Lipinski definition) is 0. The fourth-order valence-corrected chi connectivity index (χ4v) is 9.14. The number of nitrogens with zero attached hydrogens (tertiary/aromatic N) is 5. The Balaban J connectivity index is 1.35. The SMILES string of the molecule is c1ccc(-c2cc3c4c(c2)n2c(-c5ccccc5)nc5c(-c6ccccc6)cc6oc7cc(-c8ccccc8)c8nc(-c9ccccc9)n3c8c7n-4c6c52)cc1. The van der Waals surface area contributed by atoms with Crippen LogP contribution >= 0.6 is 0 Å². The predicted molar refractivity (Wildman–Crippen MR) is 226 cm³/mol. The van der Waals surface area contributed by atoms with Crippen molar-refractivity contribution in [1.82, 2.24) is 23.3 Å². The molecule has 0 aliphatic carbocycles. The number of benzene rings is 8. The summed E-state index contributed by atoms with van der Waals surface area (Å²) in [6, 6.07) is 61.9. The van der Waals surface area contributed by atoms with Crippen molar-refractivity contribution in [1.29, 1.82) is 0 Å². The molecule has 0 spiro atoms. The summed E-state index contributed by atoms with van der Waals surface area (Å²) in [4.78, 5) is 11.2. The smallest absolute Gasteiger partial charge is 0.154 e. The Morgan fingerprint density at radius 3 is 1.14 bits per heavy atom. The van der Waals surface area contributed by atoms with Gasteiger partial charge in [0.05, 0.1) is 27.8 Å². The highest BCUT2D eigenvalue weighted by molar-refractivity contribution is 6.20. The average molecular weight is 716 g/mol. The van der Waals surface area contributed by atoms with Crippen molar-refractivity contribution in [2.45, 2.75) is 0 Å². The number of aromatic nitrogens is 5. The molecule has 6 nitrogen and oxygen atoms in total. The third kappa shape index (κ3) is 3.89. The molecular formula is C50H29N5O. The van der Waals surface area contributed by atoms with Crippen LogP contribution in [0.25, 0.3) is 117 Å². The first-order valence-corrected chi connectivity index (χ1v) is 18.9. The van der Waals surface area contributed by atoms with Gasteiger partial charge in [-0.3, -0.25) is 13.4 Å². The van der Waals surface area contributed by atoms with Crippen LogP contribution < -0.4 is 0 Å². The second kappa shape index (κ2) is 10.9. The highest BCUT2D eigenvalue weighted by Crippen LogP contribution is 2.50. The lowest BCUT2D eigenvalue weighted by Gasteiger charge is -2.27. The van der Waals surface area contributed by atoms with E-state index in [2.05, 4.69) is 189 Å². The van der Waals surface area contributed by atoms with E-state index in [1.807, 2.05) is 0 Å². The van der Waals surface area contributed by atoms with Crippen LogP contribution in [0.1, 0.15) is 0 Å². The predicted octanol–water partition coefficient (Wildman–Crippen LogP) is 12.6. The van der Waals surface area contributed by atoms with Gasteiger partial charge in [-0.1, -0.05) is 152 Å². The minimum Gasteiger partial charge on any atom is -0.453 e. The van der Waals surface area contributed by atoms with Crippen molar-refractivity contribution in [2.24, 2.45) is 0 Å². The van der Waals surface area contributed by atoms with Gasteiger partial charge in [0.25, 0.3) is 0 Å². The normalized spacial score (nSPS) is 12.3. The molecule has 0 unspecified atom stereocenters. The molecule has 56 heavy (non-hydrogen) atoms. The molecule has 0 amide bonds. The molecule has 6 heteroatoms. The minimum absolute atomic E-state index is 0.794. The zero-order valence-electron chi connectivity index (χ0n) is 29.9. The van der Waals surface area contributed by atoms with Gasteiger partial charge in [-0.15, -0.1) is 0 Å². The molecule has 0 radical (unpaired) electrons. The largest absolute Gasteiger partial charge is 0.453 e. The summed E-state index contributed by atoms with van der Waals surface area (Å²) in [5.41, 5.74) is 19.2. The second-order valence-corrected chi connectivity index (χ2v) is 14.6. The van der Waals surface area contributed by atoms with Crippen molar-refractivity contribution in [3.05, 3.63) is 176 Å². The van der Waals surface area contributed by atoms with Gasteiger partial charge >= 0.3 is 0 Å². The molecule has 3 aromatic heterocycles. The lowest BCUT2D eigenvalue weighted by Crippen LogP contribution is -2.13. The van der Waals surface area contributed by atoms with Crippen molar-refractivity contribution >= 4 is 55.3 Å². The summed E-state index contributed by atoms with van der Waals surface area (Å²) >= 11 is 0. The van der Waals surface area contributed by atoms with E-state index in [4.69, 9.17) is 14.4 Å². The van der Waals surface area contributed by atoms with Crippen LogP contribution in [0.4, 0.5) is 0 Å². The molecule has 0 fully saturated rings. The average Bonchev–Trinajstić information content (AvgIpc) is 3.88. The van der Waals surface area contributed by atoms with E-state index in [0.717, 1.165) is 117 Å². The number of hydrogen-bond acceptors (Lipinski definition) is 3. The molecule has 0 bridgehead atoms. The first kappa shape index (κ1) is 29.7. The van der Waals surface area contributed by atoms with E-state index in [0.29, 0.717) is 0 Å². The van der Waals surface area contributed by atoms with Crippen molar-refractivity contribution in [2.75, 3.05) is 0 Å². The molecule has 0 saturated heterocycles. The van der Waals surface area contributed by atoms with E-state index >= 15 is 0 Å². The quantitative estimate of drug-likeness (QED) is 0.132. The summed E-state index contributed by atoms with van der Waals surface area (Å²) in [6.45, 7) is 0. The molecule has 8 aromatic carbocycles. The first-order chi connectivity index (χ1) is 27.8. The second-order valence-electron chi connectivity index (χ2n) is 14.6. The molecule has 5 heterocycles. The van der Waals surface area contributed by atoms with Gasteiger partial charge in [-0.2, -0.15) is 0 Å². The lowest BCUT2D eigenvalue weighted by molar-refractivity contribution is 0.654. The number of rotatable bonds is 5. The Morgan fingerprint density at radius 2 is 0.732 bits per heavy atom. The zero-order chi connectivity index (χ0) is 36.5. The van der Waals surface area contributed by atoms with Crippen LogP contribution in [0, 0.1) is 0 Å². The van der Waals surface area contributed by atoms with Crippen LogP contribution in [-0.4, -0.2) is 23.3 Å². The van der Waals surface area contributed by atoms with Crippen molar-refractivity contribution in [3.63, 3.8) is 0 Å². The third-order valence-electron chi connectivity index (χ3n) is 11.5. The van der Waals surface area contributed by atoms with Crippen LogP contribution in [-0.2, 0) is 0 Å². The summed E-state index contributed by atoms with van der Waals surface area (Å²) in [6.07, 6.45) is 0. The van der Waals surface area contributed by atoms with Gasteiger partial charge in [-0.25, -0.2) is 9.97 Å². The topological polar surface area (TPSA) is 52.7 Å². The Morgan fingerprint density at radius 1 is 0.357 bits per heavy atom. The Labute approximate surface area is 319 Å². The van der Waals surface area contributed by atoms with E-state index in [1.165, 1.54) is 0 Å². The van der Waals surface area contributed by atoms with E-state index in [1.54, 1.807) is 0 Å². The monoisotopic (exact) mass is 715 g/mol. The van der Waals surface area contributed by atoms with Crippen LogP contribution in [0.3, 0.4) is 0 Å². The molecular weight excluding hydrogens is 687 g/mol. The molecule has 2 aliphatic rings. The molecule has 11 aromatic rings. The Hall–Kier alpha value is -7.70. The summed E-state index contributed by atoms with van der Waals surface area (Å²) < 4.78 is 14.4. The maximum absolute atomic E-state index is 7.21. The Bertz CT molecular complexity index is 3330. The minimum atomic E-state index is 0.794. The highest BCUT2D eigenvalue weighted by Gasteiger charge is 2.33. The molecule has 260 valence electrons. The summed E-state index contributed by atoms with van der Waals surface area (Å²) in [7, 11) is 0. The molecule has 2 aliphatic heterocycles. The molecule has 13 rings (SSSR count). The first-order valence-electron chi connectivity index (χ1n) is 18.9. The fourth-order valence-electron chi connectivity index (χ4n) is 9.14. The summed E-state index contributed by atoms with van der Waals surface area (Å²) in [5, 5.41) is 0. The van der Waals surface area contributed by atoms with Gasteiger partial charge in [0.15, 0.2) is 11.2 Å². The van der Waals surface area contributed by atoms with E-state index < -0.39 is 0 Å². The van der Waals surface area contributed by atoms with Crippen molar-refractivity contribution < 1.29 is 4.42 Å². The third-order valence-corrected chi connectivity index (χ3v) is 11.5. The summed E-state index contributed by atoms with van der Waals surface area (Å²) in [5.74, 6) is 1.77. The molecule has 0 atom stereocenters. The lowest BCUT2D eigenvalue weighted by atomic mass is 9.98. The van der Waals surface area contributed by atoms with Crippen LogP contribution in [0.15, 0.2) is 180 Å². The van der Waals surface area contributed by atoms with Crippen molar-refractivity contribution in [3.8, 4) is 61.8 Å². The van der Waals surface area contributed by atoms with Gasteiger partial charge < -0.3 is 4.42 Å². The molecule has 0 saturated carbocycles. The van der Waals surface area contributed by atoms with E-state index in [-0.39, 0.29) is 0 Å². The van der Waals surface area contributed by atoms with Crippen LogP contribution in [0.2, 0.25) is 0 Å². The van der Waals surface area contributed by atoms with E-state index in [9.17, 15) is 0 Å². The van der Waals surface area contributed by atoms with Gasteiger partial charge in [0, 0.05) is 22.3 Å². The Kier molecular flexibility index (Phi) is 5.80. The molecule has 0 N–H and O–H groups in total. The number of fused-ring (bicyclic) bond motifs is 2. The zero-order valence-corrected chi connectivity index (χ0v) is 29.9. The van der Waals surface area contributed by atoms with Gasteiger partial charge in [0.2, 0.25) is 0 Å². The standard InChI is InChI=1S/C50H29N5O/c1-6-16-30(17-7-1)35-26-38-44-39(27-35)54-48-43(52-50(54)34-24-14-5-15-25-34)37(32-20-10-3-11-21-32)29-41-46(48)55(44)45-40(56-41)28-36(31-18-8-2-9-19-31)42-47(45)53(38)49(51-42)33-22-12-4-13-23-33/h1-29H. The highest BCUT2D eigenvalue weighted by atomic mass is 16.3. The maximum Gasteiger partial charge on any atom is 0.154 e. The van der Waals surface area contributed by atoms with Crippen LogP contribution in [0.5, 0.6) is 0 Å².